The van der Waals surface area contributed by atoms with Crippen LogP contribution in [0.15, 0.2) is 28.7 Å². The van der Waals surface area contributed by atoms with Crippen molar-refractivity contribution in [2.75, 3.05) is 11.4 Å². The van der Waals surface area contributed by atoms with Crippen LogP contribution in [0.3, 0.4) is 0 Å². The number of halogens is 1. The van der Waals surface area contributed by atoms with Crippen LogP contribution >= 0.6 is 15.9 Å². The van der Waals surface area contributed by atoms with E-state index >= 15 is 0 Å². The van der Waals surface area contributed by atoms with E-state index in [0.29, 0.717) is 0 Å². The molecule has 80 valence electrons. The van der Waals surface area contributed by atoms with Crippen LogP contribution in [-0.4, -0.2) is 18.5 Å². The molecule has 0 aromatic heterocycles. The zero-order valence-electron chi connectivity index (χ0n) is 8.32. The minimum atomic E-state index is -0.342. The first kappa shape index (κ1) is 10.6. The second-order valence-electron chi connectivity index (χ2n) is 3.69. The summed E-state index contributed by atoms with van der Waals surface area (Å²) in [5.74, 6) is 0.0214. The van der Waals surface area contributed by atoms with E-state index in [4.69, 9.17) is 5.73 Å². The maximum atomic E-state index is 11.9. The molecular formula is C11H13BrN2O. The summed E-state index contributed by atoms with van der Waals surface area (Å²) in [7, 11) is 0. The van der Waals surface area contributed by atoms with Crippen molar-refractivity contribution in [3.63, 3.8) is 0 Å². The number of piperidine rings is 1. The highest BCUT2D eigenvalue weighted by Crippen LogP contribution is 2.28. The third kappa shape index (κ3) is 2.06. The van der Waals surface area contributed by atoms with Gasteiger partial charge in [0, 0.05) is 11.0 Å². The number of rotatable bonds is 1. The zero-order chi connectivity index (χ0) is 10.8. The Bertz CT molecular complexity index is 381. The summed E-state index contributed by atoms with van der Waals surface area (Å²) < 4.78 is 0.937. The van der Waals surface area contributed by atoms with E-state index in [-0.39, 0.29) is 11.9 Å². The van der Waals surface area contributed by atoms with Gasteiger partial charge in [0.2, 0.25) is 5.91 Å². The van der Waals surface area contributed by atoms with E-state index in [1.54, 1.807) is 4.90 Å². The largest absolute Gasteiger partial charge is 0.320 e. The highest BCUT2D eigenvalue weighted by Gasteiger charge is 2.27. The highest BCUT2D eigenvalue weighted by atomic mass is 79.9. The van der Waals surface area contributed by atoms with Gasteiger partial charge in [-0.15, -0.1) is 0 Å². The lowest BCUT2D eigenvalue weighted by Gasteiger charge is -2.31. The summed E-state index contributed by atoms with van der Waals surface area (Å²) in [5, 5.41) is 0. The number of amides is 1. The number of nitrogens with zero attached hydrogens (tertiary/aromatic N) is 1. The van der Waals surface area contributed by atoms with Gasteiger partial charge < -0.3 is 10.6 Å². The van der Waals surface area contributed by atoms with E-state index in [0.717, 1.165) is 29.5 Å². The van der Waals surface area contributed by atoms with Gasteiger partial charge in [-0.05, 0) is 40.9 Å². The van der Waals surface area contributed by atoms with Crippen LogP contribution in [0.25, 0.3) is 0 Å². The van der Waals surface area contributed by atoms with Crippen molar-refractivity contribution in [1.82, 2.24) is 0 Å². The SMILES string of the molecule is NC1CCCN(c2ccccc2Br)C1=O. The van der Waals surface area contributed by atoms with Gasteiger partial charge >= 0.3 is 0 Å². The summed E-state index contributed by atoms with van der Waals surface area (Å²) >= 11 is 3.44. The number of carbonyl (C=O) groups is 1. The smallest absolute Gasteiger partial charge is 0.243 e. The summed E-state index contributed by atoms with van der Waals surface area (Å²) in [4.78, 5) is 13.6. The quantitative estimate of drug-likeness (QED) is 0.846. The number of carbonyl (C=O) groups excluding carboxylic acids is 1. The van der Waals surface area contributed by atoms with Crippen molar-refractivity contribution in [3.8, 4) is 0 Å². The molecule has 2 N–H and O–H groups in total. The van der Waals surface area contributed by atoms with Crippen molar-refractivity contribution in [2.24, 2.45) is 5.73 Å². The van der Waals surface area contributed by atoms with E-state index in [2.05, 4.69) is 15.9 Å². The van der Waals surface area contributed by atoms with Gasteiger partial charge in [-0.25, -0.2) is 0 Å². The summed E-state index contributed by atoms with van der Waals surface area (Å²) in [5.41, 5.74) is 6.66. The number of hydrogen-bond donors (Lipinski definition) is 1. The highest BCUT2D eigenvalue weighted by molar-refractivity contribution is 9.10. The van der Waals surface area contributed by atoms with Gasteiger partial charge in [0.15, 0.2) is 0 Å². The second-order valence-corrected chi connectivity index (χ2v) is 4.54. The van der Waals surface area contributed by atoms with Gasteiger partial charge in [0.1, 0.15) is 0 Å². The molecule has 1 fully saturated rings. The Labute approximate surface area is 97.4 Å². The number of hydrogen-bond acceptors (Lipinski definition) is 2. The van der Waals surface area contributed by atoms with Crippen LogP contribution in [0.4, 0.5) is 5.69 Å². The fourth-order valence-corrected chi connectivity index (χ4v) is 2.31. The predicted octanol–water partition coefficient (Wildman–Crippen LogP) is 1.90. The summed E-state index contributed by atoms with van der Waals surface area (Å²) in [6, 6.07) is 7.38. The summed E-state index contributed by atoms with van der Waals surface area (Å²) in [6.45, 7) is 0.759. The Morgan fingerprint density at radius 1 is 1.40 bits per heavy atom. The molecule has 0 saturated carbocycles. The predicted molar refractivity (Wildman–Crippen MR) is 63.7 cm³/mol. The zero-order valence-corrected chi connectivity index (χ0v) is 9.90. The first-order chi connectivity index (χ1) is 7.20. The van der Waals surface area contributed by atoms with E-state index in [9.17, 15) is 4.79 Å². The second kappa shape index (κ2) is 4.33. The van der Waals surface area contributed by atoms with Gasteiger partial charge in [0.05, 0.1) is 11.7 Å². The van der Waals surface area contributed by atoms with Gasteiger partial charge in [-0.3, -0.25) is 4.79 Å². The fraction of sp³-hybridized carbons (Fsp3) is 0.364. The first-order valence-corrected chi connectivity index (χ1v) is 5.81. The van der Waals surface area contributed by atoms with Crippen LogP contribution in [0, 0.1) is 0 Å². The van der Waals surface area contributed by atoms with Crippen LogP contribution < -0.4 is 10.6 Å². The number of para-hydroxylation sites is 1. The van der Waals surface area contributed by atoms with Crippen LogP contribution in [0.2, 0.25) is 0 Å². The molecule has 15 heavy (non-hydrogen) atoms. The maximum Gasteiger partial charge on any atom is 0.243 e. The fourth-order valence-electron chi connectivity index (χ4n) is 1.81. The summed E-state index contributed by atoms with van der Waals surface area (Å²) in [6.07, 6.45) is 1.76. The minimum Gasteiger partial charge on any atom is -0.320 e. The molecule has 0 radical (unpaired) electrons. The number of benzene rings is 1. The van der Waals surface area contributed by atoms with Crippen LogP contribution in [0.1, 0.15) is 12.8 Å². The topological polar surface area (TPSA) is 46.3 Å². The van der Waals surface area contributed by atoms with E-state index < -0.39 is 0 Å². The molecule has 4 heteroatoms. The monoisotopic (exact) mass is 268 g/mol. The molecule has 3 nitrogen and oxygen atoms in total. The Morgan fingerprint density at radius 3 is 2.87 bits per heavy atom. The van der Waals surface area contributed by atoms with Crippen molar-refractivity contribution in [3.05, 3.63) is 28.7 Å². The van der Waals surface area contributed by atoms with Crippen molar-refractivity contribution in [1.29, 1.82) is 0 Å². The molecule has 1 atom stereocenters. The Hall–Kier alpha value is -0.870. The van der Waals surface area contributed by atoms with E-state index in [1.807, 2.05) is 24.3 Å². The molecule has 1 saturated heterocycles. The minimum absolute atomic E-state index is 0.0214. The number of anilines is 1. The third-order valence-corrected chi connectivity index (χ3v) is 3.29. The molecule has 1 aromatic rings. The standard InChI is InChI=1S/C11H13BrN2O/c12-8-4-1-2-6-10(8)14-7-3-5-9(13)11(14)15/h1-2,4,6,9H,3,5,7,13H2. The number of nitrogens with two attached hydrogens (primary N) is 1. The van der Waals surface area contributed by atoms with Crippen molar-refractivity contribution >= 4 is 27.5 Å². The molecular weight excluding hydrogens is 256 g/mol. The Balaban J connectivity index is 2.30. The molecule has 2 rings (SSSR count). The van der Waals surface area contributed by atoms with Gasteiger partial charge in [0.25, 0.3) is 0 Å². The average molecular weight is 269 g/mol. The Kier molecular flexibility index (Phi) is 3.07. The van der Waals surface area contributed by atoms with Crippen LogP contribution in [0.5, 0.6) is 0 Å². The van der Waals surface area contributed by atoms with Crippen LogP contribution in [-0.2, 0) is 4.79 Å². The van der Waals surface area contributed by atoms with Crippen molar-refractivity contribution in [2.45, 2.75) is 18.9 Å². The molecule has 1 heterocycles. The molecule has 1 unspecified atom stereocenters. The molecule has 0 spiro atoms. The maximum absolute atomic E-state index is 11.9. The lowest BCUT2D eigenvalue weighted by Crippen LogP contribution is -2.48. The molecule has 1 aromatic carbocycles. The molecule has 0 aliphatic carbocycles. The Morgan fingerprint density at radius 2 is 2.13 bits per heavy atom. The third-order valence-electron chi connectivity index (χ3n) is 2.62. The van der Waals surface area contributed by atoms with Gasteiger partial charge in [-0.2, -0.15) is 0 Å². The lowest BCUT2D eigenvalue weighted by atomic mass is 10.1. The molecule has 1 aliphatic rings. The average Bonchev–Trinajstić information content (AvgIpc) is 2.23. The molecule has 0 bridgehead atoms. The molecule has 1 aliphatic heterocycles. The first-order valence-electron chi connectivity index (χ1n) is 5.01. The van der Waals surface area contributed by atoms with E-state index in [1.165, 1.54) is 0 Å². The normalized spacial score (nSPS) is 21.9. The molecule has 1 amide bonds. The van der Waals surface area contributed by atoms with Gasteiger partial charge in [-0.1, -0.05) is 12.1 Å². The van der Waals surface area contributed by atoms with Crippen molar-refractivity contribution < 1.29 is 4.79 Å². The lowest BCUT2D eigenvalue weighted by molar-refractivity contribution is -0.120.